The van der Waals surface area contributed by atoms with Gasteiger partial charge in [0.15, 0.2) is 0 Å². The Morgan fingerprint density at radius 2 is 2.14 bits per heavy atom. The van der Waals surface area contributed by atoms with E-state index in [9.17, 15) is 0 Å². The molecule has 2 N–H and O–H groups in total. The molecular weight excluding hydrogens is 114 g/mol. The second-order valence-electron chi connectivity index (χ2n) is 1.30. The van der Waals surface area contributed by atoms with Crippen LogP contribution in [0.3, 0.4) is 0 Å². The van der Waals surface area contributed by atoms with E-state index in [1.807, 2.05) is 0 Å². The Hall–Kier alpha value is -0.240. The third kappa shape index (κ3) is 5.76. The molecule has 0 aromatic heterocycles. The SMILES string of the molecule is CS(O)(O)CC#N. The normalized spacial score (nSPS) is 12.9. The molecule has 0 bridgehead atoms. The third-order valence-electron chi connectivity index (χ3n) is 0.338. The largest absolute Gasteiger partial charge is 0.299 e. The first-order chi connectivity index (χ1) is 3.06. The summed E-state index contributed by atoms with van der Waals surface area (Å²) in [5.74, 6) is -0.160. The smallest absolute Gasteiger partial charge is 0.124 e. The minimum absolute atomic E-state index is 0.160. The number of hydrogen-bond donors (Lipinski definition) is 2. The van der Waals surface area contributed by atoms with E-state index in [1.165, 1.54) is 6.26 Å². The topological polar surface area (TPSA) is 64.2 Å². The first-order valence-corrected chi connectivity index (χ1v) is 3.76. The van der Waals surface area contributed by atoms with Gasteiger partial charge in [-0.25, -0.2) is 0 Å². The zero-order chi connectivity index (χ0) is 5.91. The lowest BCUT2D eigenvalue weighted by Crippen LogP contribution is -1.96. The van der Waals surface area contributed by atoms with Crippen molar-refractivity contribution < 1.29 is 9.11 Å². The maximum Gasteiger partial charge on any atom is 0.124 e. The van der Waals surface area contributed by atoms with Gasteiger partial charge < -0.3 is 0 Å². The standard InChI is InChI=1S/C3H7NO2S/c1-7(5,6)3-2-4/h5-6H,3H2,1H3. The van der Waals surface area contributed by atoms with Crippen LogP contribution in [0.1, 0.15) is 0 Å². The first-order valence-electron chi connectivity index (χ1n) is 1.64. The van der Waals surface area contributed by atoms with Gasteiger partial charge in [0.25, 0.3) is 0 Å². The highest BCUT2D eigenvalue weighted by Crippen LogP contribution is 2.31. The summed E-state index contributed by atoms with van der Waals surface area (Å²) >= 11 is 0. The van der Waals surface area contributed by atoms with Crippen LogP contribution >= 0.6 is 10.6 Å². The van der Waals surface area contributed by atoms with Gasteiger partial charge in [-0.05, 0) is 0 Å². The Morgan fingerprint density at radius 3 is 2.14 bits per heavy atom. The van der Waals surface area contributed by atoms with Crippen LogP contribution in [0, 0.1) is 11.3 Å². The maximum absolute atomic E-state index is 8.43. The van der Waals surface area contributed by atoms with E-state index >= 15 is 0 Å². The molecule has 0 saturated carbocycles. The van der Waals surface area contributed by atoms with E-state index in [1.54, 1.807) is 6.07 Å². The number of nitrogens with zero attached hydrogens (tertiary/aromatic N) is 1. The van der Waals surface area contributed by atoms with Gasteiger partial charge in [-0.2, -0.15) is 15.9 Å². The van der Waals surface area contributed by atoms with Gasteiger partial charge in [0.05, 0.1) is 6.07 Å². The second-order valence-corrected chi connectivity index (χ2v) is 3.57. The number of nitriles is 1. The van der Waals surface area contributed by atoms with Crippen molar-refractivity contribution in [1.82, 2.24) is 0 Å². The van der Waals surface area contributed by atoms with Crippen molar-refractivity contribution in [3.63, 3.8) is 0 Å². The molecular formula is C3H7NO2S. The zero-order valence-corrected chi connectivity index (χ0v) is 4.77. The molecule has 7 heavy (non-hydrogen) atoms. The molecule has 0 aliphatic carbocycles. The summed E-state index contributed by atoms with van der Waals surface area (Å²) < 4.78 is 16.9. The molecule has 0 fully saturated rings. The third-order valence-corrected chi connectivity index (χ3v) is 1.01. The molecule has 42 valence electrons. The summed E-state index contributed by atoms with van der Waals surface area (Å²) in [4.78, 5) is 0. The summed E-state index contributed by atoms with van der Waals surface area (Å²) in [5, 5.41) is 7.85. The van der Waals surface area contributed by atoms with Crippen molar-refractivity contribution in [2.24, 2.45) is 0 Å². The van der Waals surface area contributed by atoms with Crippen LogP contribution in [0.5, 0.6) is 0 Å². The Labute approximate surface area is 43.9 Å². The van der Waals surface area contributed by atoms with E-state index in [2.05, 4.69) is 0 Å². The number of hydrogen-bond acceptors (Lipinski definition) is 3. The fourth-order valence-electron chi connectivity index (χ4n) is 0.122. The predicted octanol–water partition coefficient (Wildman–Crippen LogP) is 0.890. The number of rotatable bonds is 1. The van der Waals surface area contributed by atoms with Crippen molar-refractivity contribution in [3.8, 4) is 6.07 Å². The molecule has 3 nitrogen and oxygen atoms in total. The van der Waals surface area contributed by atoms with Crippen LogP contribution in [0.4, 0.5) is 0 Å². The molecule has 0 aromatic rings. The van der Waals surface area contributed by atoms with Crippen molar-refractivity contribution in [2.45, 2.75) is 0 Å². The summed E-state index contributed by atoms with van der Waals surface area (Å²) in [5.41, 5.74) is 0. The van der Waals surface area contributed by atoms with Crippen molar-refractivity contribution in [3.05, 3.63) is 0 Å². The van der Waals surface area contributed by atoms with E-state index in [4.69, 9.17) is 14.4 Å². The molecule has 0 spiro atoms. The van der Waals surface area contributed by atoms with Crippen LogP contribution in [0.15, 0.2) is 0 Å². The van der Waals surface area contributed by atoms with Crippen LogP contribution in [-0.4, -0.2) is 21.1 Å². The minimum Gasteiger partial charge on any atom is -0.299 e. The monoisotopic (exact) mass is 121 g/mol. The molecule has 0 radical (unpaired) electrons. The van der Waals surface area contributed by atoms with Crippen LogP contribution < -0.4 is 0 Å². The fourth-order valence-corrected chi connectivity index (χ4v) is 0.367. The Morgan fingerprint density at radius 1 is 1.71 bits per heavy atom. The average Bonchev–Trinajstić information content (AvgIpc) is 1.30. The molecule has 0 amide bonds. The fraction of sp³-hybridized carbons (Fsp3) is 0.667. The van der Waals surface area contributed by atoms with Crippen LogP contribution in [0.25, 0.3) is 0 Å². The van der Waals surface area contributed by atoms with Crippen molar-refractivity contribution in [2.75, 3.05) is 12.0 Å². The molecule has 0 unspecified atom stereocenters. The lowest BCUT2D eigenvalue weighted by Gasteiger charge is -2.21. The minimum atomic E-state index is -2.54. The predicted molar refractivity (Wildman–Crippen MR) is 29.3 cm³/mol. The van der Waals surface area contributed by atoms with Gasteiger partial charge in [0.2, 0.25) is 0 Å². The van der Waals surface area contributed by atoms with E-state index in [0.717, 1.165) is 0 Å². The highest BCUT2D eigenvalue weighted by Gasteiger charge is 1.98. The molecule has 0 rings (SSSR count). The molecule has 0 aromatic carbocycles. The van der Waals surface area contributed by atoms with Gasteiger partial charge in [0, 0.05) is 6.26 Å². The molecule has 0 atom stereocenters. The van der Waals surface area contributed by atoms with Gasteiger partial charge in [0.1, 0.15) is 5.75 Å². The highest BCUT2D eigenvalue weighted by molar-refractivity contribution is 8.23. The van der Waals surface area contributed by atoms with Crippen LogP contribution in [0.2, 0.25) is 0 Å². The quantitative estimate of drug-likeness (QED) is 0.541. The lowest BCUT2D eigenvalue weighted by molar-refractivity contribution is 0.499. The Balaban J connectivity index is 3.40. The summed E-state index contributed by atoms with van der Waals surface area (Å²) in [6, 6.07) is 1.64. The Kier molecular flexibility index (Phi) is 2.09. The van der Waals surface area contributed by atoms with Gasteiger partial charge in [-0.15, -0.1) is 0 Å². The van der Waals surface area contributed by atoms with Gasteiger partial charge in [-0.3, -0.25) is 9.11 Å². The first kappa shape index (κ1) is 6.76. The highest BCUT2D eigenvalue weighted by atomic mass is 32.3. The van der Waals surface area contributed by atoms with Gasteiger partial charge in [-0.1, -0.05) is 0 Å². The van der Waals surface area contributed by atoms with E-state index < -0.39 is 10.6 Å². The second kappa shape index (κ2) is 2.17. The van der Waals surface area contributed by atoms with Crippen LogP contribution in [-0.2, 0) is 0 Å². The van der Waals surface area contributed by atoms with Gasteiger partial charge >= 0.3 is 0 Å². The molecule has 0 heterocycles. The zero-order valence-electron chi connectivity index (χ0n) is 3.96. The Bertz CT molecular complexity index is 90.1. The summed E-state index contributed by atoms with van der Waals surface area (Å²) in [6.45, 7) is 0. The van der Waals surface area contributed by atoms with E-state index in [0.29, 0.717) is 0 Å². The summed E-state index contributed by atoms with van der Waals surface area (Å²) in [7, 11) is -2.54. The van der Waals surface area contributed by atoms with Crippen molar-refractivity contribution >= 4 is 10.6 Å². The molecule has 0 aliphatic rings. The van der Waals surface area contributed by atoms with Crippen molar-refractivity contribution in [1.29, 1.82) is 5.26 Å². The molecule has 4 heteroatoms. The summed E-state index contributed by atoms with van der Waals surface area (Å²) in [6.07, 6.45) is 1.25. The average molecular weight is 121 g/mol. The molecule has 0 aliphatic heterocycles. The maximum atomic E-state index is 8.43. The molecule has 0 saturated heterocycles. The lowest BCUT2D eigenvalue weighted by atomic mass is 10.9. The van der Waals surface area contributed by atoms with E-state index in [-0.39, 0.29) is 5.75 Å².